The number of nitrogens with zero attached hydrogens (tertiary/aromatic N) is 1. The Morgan fingerprint density at radius 2 is 1.79 bits per heavy atom. The molecular weight excluding hydrogens is 410 g/mol. The molecule has 1 nitrogen and oxygen atoms in total. The van der Waals surface area contributed by atoms with Crippen LogP contribution in [0.25, 0.3) is 0 Å². The molecule has 0 N–H and O–H groups in total. The summed E-state index contributed by atoms with van der Waals surface area (Å²) in [5.41, 5.74) is 9.97. The summed E-state index contributed by atoms with van der Waals surface area (Å²) in [6.07, 6.45) is 19.5. The van der Waals surface area contributed by atoms with Crippen LogP contribution in [0.3, 0.4) is 0 Å². The number of aryl methyl sites for hydroxylation is 1. The monoisotopic (exact) mass is 453 g/mol. The number of likely N-dealkylation sites (tertiary alicyclic amines) is 1. The number of hydrogen-bond acceptors (Lipinski definition) is 1. The van der Waals surface area contributed by atoms with E-state index in [0.29, 0.717) is 6.42 Å². The fourth-order valence-corrected chi connectivity index (χ4v) is 4.84. The van der Waals surface area contributed by atoms with Gasteiger partial charge in [0.05, 0.1) is 0 Å². The Morgan fingerprint density at radius 3 is 2.29 bits per heavy atom. The molecule has 2 rings (SSSR count). The second-order valence-corrected chi connectivity index (χ2v) is 9.32. The van der Waals surface area contributed by atoms with Crippen LogP contribution in [-0.2, 0) is 6.42 Å². The largest absolute Gasteiger partial charge is 0.371 e. The minimum absolute atomic E-state index is 0.650. The van der Waals surface area contributed by atoms with Crippen LogP contribution in [0.1, 0.15) is 64.5 Å². The molecule has 1 heterocycles. The van der Waals surface area contributed by atoms with E-state index in [-0.39, 0.29) is 0 Å². The first-order valence-electron chi connectivity index (χ1n) is 12.7. The average Bonchev–Trinajstić information content (AvgIpc) is 2.85. The molecule has 1 aliphatic heterocycles. The molecule has 0 aliphatic carbocycles. The van der Waals surface area contributed by atoms with E-state index in [0.717, 1.165) is 36.6 Å². The molecule has 0 saturated carbocycles. The van der Waals surface area contributed by atoms with Gasteiger partial charge in [0.1, 0.15) is 0 Å². The minimum Gasteiger partial charge on any atom is -0.371 e. The highest BCUT2D eigenvalue weighted by atomic mass is 15.1. The van der Waals surface area contributed by atoms with E-state index in [9.17, 15) is 0 Å². The van der Waals surface area contributed by atoms with Gasteiger partial charge in [-0.25, -0.2) is 0 Å². The summed E-state index contributed by atoms with van der Waals surface area (Å²) in [6.45, 7) is 21.0. The quantitative estimate of drug-likeness (QED) is 0.253. The zero-order chi connectivity index (χ0) is 25.1. The van der Waals surface area contributed by atoms with Gasteiger partial charge < -0.3 is 4.90 Å². The molecule has 1 saturated heterocycles. The predicted octanol–water partition coefficient (Wildman–Crippen LogP) is 8.52. The molecule has 1 fully saturated rings. The number of hydrogen-bond donors (Lipinski definition) is 0. The van der Waals surface area contributed by atoms with Crippen molar-refractivity contribution in [2.75, 3.05) is 13.1 Å². The Hall–Kier alpha value is -2.98. The normalized spacial score (nSPS) is 16.7. The van der Waals surface area contributed by atoms with E-state index in [2.05, 4.69) is 101 Å². The first-order valence-corrected chi connectivity index (χ1v) is 12.7. The van der Waals surface area contributed by atoms with Gasteiger partial charge in [-0.15, -0.1) is 12.3 Å². The molecule has 0 bridgehead atoms. The van der Waals surface area contributed by atoms with Crippen LogP contribution < -0.4 is 0 Å². The van der Waals surface area contributed by atoms with Crippen LogP contribution >= 0.6 is 0 Å². The van der Waals surface area contributed by atoms with E-state index in [1.54, 1.807) is 0 Å². The summed E-state index contributed by atoms with van der Waals surface area (Å²) < 4.78 is 0. The molecule has 0 spiro atoms. The lowest BCUT2D eigenvalue weighted by Gasteiger charge is -2.36. The lowest BCUT2D eigenvalue weighted by molar-refractivity contribution is 0.229. The molecule has 1 aromatic rings. The Balaban J connectivity index is 2.28. The molecule has 0 aromatic heterocycles. The second kappa shape index (κ2) is 13.7. The van der Waals surface area contributed by atoms with Crippen molar-refractivity contribution in [3.63, 3.8) is 0 Å². The first kappa shape index (κ1) is 27.3. The van der Waals surface area contributed by atoms with Gasteiger partial charge in [0.2, 0.25) is 0 Å². The van der Waals surface area contributed by atoms with Gasteiger partial charge in [-0.1, -0.05) is 73.7 Å². The van der Waals surface area contributed by atoms with Crippen LogP contribution in [0, 0.1) is 25.2 Å². The van der Waals surface area contributed by atoms with Crippen molar-refractivity contribution in [2.45, 2.75) is 66.7 Å². The summed E-state index contributed by atoms with van der Waals surface area (Å²) in [5, 5.41) is 0. The number of terminal acetylenes is 1. The van der Waals surface area contributed by atoms with Gasteiger partial charge in [-0.2, -0.15) is 0 Å². The molecule has 1 heteroatoms. The molecule has 180 valence electrons. The van der Waals surface area contributed by atoms with E-state index in [1.165, 1.54) is 52.8 Å². The molecular formula is C33H43N. The smallest absolute Gasteiger partial charge is 0.0396 e. The van der Waals surface area contributed by atoms with Crippen molar-refractivity contribution in [1.82, 2.24) is 4.90 Å². The highest BCUT2D eigenvalue weighted by Crippen LogP contribution is 2.32. The summed E-state index contributed by atoms with van der Waals surface area (Å²) >= 11 is 0. The fourth-order valence-electron chi connectivity index (χ4n) is 4.84. The number of allylic oxidation sites excluding steroid dienone is 8. The molecule has 34 heavy (non-hydrogen) atoms. The molecule has 1 aliphatic rings. The van der Waals surface area contributed by atoms with E-state index < -0.39 is 0 Å². The van der Waals surface area contributed by atoms with E-state index in [4.69, 9.17) is 6.42 Å². The standard InChI is InChI=1S/C33H43N/c1-9-14-27(8)32(24-30(11-3)31(12-4)26(7)10-2)33(13-5)34-21-19-29(20-22-34)23-28-17-15-25(6)16-18-28/h1,10,12-13,15-18,24,29H,2,7,11,14,19-23H2,3-6,8H3/b30-24+,31-12-,32-27+,33-13-. The van der Waals surface area contributed by atoms with Crippen molar-refractivity contribution in [2.24, 2.45) is 5.92 Å². The molecule has 1 aromatic carbocycles. The van der Waals surface area contributed by atoms with Crippen LogP contribution in [0.15, 0.2) is 95.3 Å². The predicted molar refractivity (Wildman–Crippen MR) is 151 cm³/mol. The topological polar surface area (TPSA) is 3.24 Å². The van der Waals surface area contributed by atoms with Crippen LogP contribution in [0.2, 0.25) is 0 Å². The van der Waals surface area contributed by atoms with Crippen LogP contribution in [0.5, 0.6) is 0 Å². The fraction of sp³-hybridized carbons (Fsp3) is 0.394. The lowest BCUT2D eigenvalue weighted by atomic mass is 9.88. The van der Waals surface area contributed by atoms with Crippen LogP contribution in [0.4, 0.5) is 0 Å². The van der Waals surface area contributed by atoms with Gasteiger partial charge >= 0.3 is 0 Å². The number of rotatable bonds is 10. The average molecular weight is 454 g/mol. The van der Waals surface area contributed by atoms with Crippen molar-refractivity contribution < 1.29 is 0 Å². The third-order valence-corrected chi connectivity index (χ3v) is 6.90. The van der Waals surface area contributed by atoms with Crippen molar-refractivity contribution in [3.8, 4) is 12.3 Å². The third-order valence-electron chi connectivity index (χ3n) is 6.90. The van der Waals surface area contributed by atoms with Gasteiger partial charge in [0, 0.05) is 25.2 Å². The molecule has 0 unspecified atom stereocenters. The summed E-state index contributed by atoms with van der Waals surface area (Å²) in [7, 11) is 0. The minimum atomic E-state index is 0.650. The Kier molecular flexibility index (Phi) is 11.0. The third kappa shape index (κ3) is 7.26. The Morgan fingerprint density at radius 1 is 1.15 bits per heavy atom. The molecule has 0 amide bonds. The van der Waals surface area contributed by atoms with Crippen molar-refractivity contribution in [1.29, 1.82) is 0 Å². The lowest BCUT2D eigenvalue weighted by Crippen LogP contribution is -2.34. The second-order valence-electron chi connectivity index (χ2n) is 9.32. The zero-order valence-corrected chi connectivity index (χ0v) is 22.1. The van der Waals surface area contributed by atoms with Gasteiger partial charge in [-0.3, -0.25) is 0 Å². The number of benzene rings is 1. The van der Waals surface area contributed by atoms with Crippen molar-refractivity contribution >= 4 is 0 Å². The Bertz CT molecular complexity index is 1010. The maximum atomic E-state index is 5.73. The van der Waals surface area contributed by atoms with Gasteiger partial charge in [0.25, 0.3) is 0 Å². The zero-order valence-electron chi connectivity index (χ0n) is 22.1. The maximum absolute atomic E-state index is 5.73. The number of piperidine rings is 1. The van der Waals surface area contributed by atoms with E-state index >= 15 is 0 Å². The summed E-state index contributed by atoms with van der Waals surface area (Å²) in [6, 6.07) is 9.03. The summed E-state index contributed by atoms with van der Waals surface area (Å²) in [4.78, 5) is 2.56. The van der Waals surface area contributed by atoms with Gasteiger partial charge in [0.15, 0.2) is 0 Å². The Labute approximate surface area is 209 Å². The maximum Gasteiger partial charge on any atom is 0.0396 e. The van der Waals surface area contributed by atoms with Crippen molar-refractivity contribution in [3.05, 3.63) is 106 Å². The first-order chi connectivity index (χ1) is 16.4. The van der Waals surface area contributed by atoms with Crippen LogP contribution in [-0.4, -0.2) is 18.0 Å². The highest BCUT2D eigenvalue weighted by molar-refractivity contribution is 5.55. The SMILES string of the molecule is C#CC/C(C)=C(\C=C(CC)\C(=C/C)C(=C)C=C)C(=C/C)/N1CCC(Cc2ccc(C)cc2)CC1. The highest BCUT2D eigenvalue weighted by Gasteiger charge is 2.23. The molecule has 0 atom stereocenters. The van der Waals surface area contributed by atoms with Gasteiger partial charge in [-0.05, 0) is 93.2 Å². The summed E-state index contributed by atoms with van der Waals surface area (Å²) in [5.74, 6) is 3.59. The molecule has 0 radical (unpaired) electrons. The van der Waals surface area contributed by atoms with E-state index in [1.807, 2.05) is 6.08 Å².